The van der Waals surface area contributed by atoms with Gasteiger partial charge < -0.3 is 0 Å². The Kier molecular flexibility index (Phi) is 5.57. The van der Waals surface area contributed by atoms with E-state index in [0.717, 1.165) is 15.1 Å². The molecule has 110 valence electrons. The molecule has 4 heteroatoms. The molecule has 0 saturated carbocycles. The molecule has 1 unspecified atom stereocenters. The van der Waals surface area contributed by atoms with Gasteiger partial charge in [-0.1, -0.05) is 57.9 Å². The lowest BCUT2D eigenvalue weighted by Gasteiger charge is -2.25. The van der Waals surface area contributed by atoms with Gasteiger partial charge in [-0.25, -0.2) is 0 Å². The van der Waals surface area contributed by atoms with Gasteiger partial charge in [-0.3, -0.25) is 9.69 Å². The Bertz CT molecular complexity index is 644. The zero-order chi connectivity index (χ0) is 15.4. The summed E-state index contributed by atoms with van der Waals surface area (Å²) in [7, 11) is 1.93. The van der Waals surface area contributed by atoms with Crippen molar-refractivity contribution in [1.82, 2.24) is 4.90 Å². The Morgan fingerprint density at radius 2 is 1.95 bits per heavy atom. The van der Waals surface area contributed by atoms with Gasteiger partial charge in [0.1, 0.15) is 0 Å². The zero-order valence-electron chi connectivity index (χ0n) is 12.0. The molecule has 2 rings (SSSR count). The van der Waals surface area contributed by atoms with Crippen LogP contribution in [0.5, 0.6) is 0 Å². The maximum Gasteiger partial charge on any atom is 0.176 e. The van der Waals surface area contributed by atoms with Crippen molar-refractivity contribution < 1.29 is 4.79 Å². The van der Waals surface area contributed by atoms with Gasteiger partial charge >= 0.3 is 0 Å². The van der Waals surface area contributed by atoms with Gasteiger partial charge in [0.2, 0.25) is 0 Å². The normalized spacial score (nSPS) is 12.4. The number of ketones is 1. The fourth-order valence-electron chi connectivity index (χ4n) is 2.17. The van der Waals surface area contributed by atoms with Crippen molar-refractivity contribution >= 4 is 33.3 Å². The Morgan fingerprint density at radius 3 is 2.62 bits per heavy atom. The van der Waals surface area contributed by atoms with Crippen LogP contribution in [0.2, 0.25) is 5.02 Å². The minimum absolute atomic E-state index is 0.0785. The summed E-state index contributed by atoms with van der Waals surface area (Å²) in [6.45, 7) is 2.40. The number of hydrogen-bond donors (Lipinski definition) is 0. The van der Waals surface area contributed by atoms with Crippen molar-refractivity contribution in [2.45, 2.75) is 13.0 Å². The van der Waals surface area contributed by atoms with Crippen LogP contribution in [-0.2, 0) is 0 Å². The van der Waals surface area contributed by atoms with Gasteiger partial charge in [-0.2, -0.15) is 0 Å². The predicted octanol–water partition coefficient (Wildman–Crippen LogP) is 4.98. The van der Waals surface area contributed by atoms with Crippen LogP contribution in [0.4, 0.5) is 0 Å². The molecule has 2 aromatic carbocycles. The van der Waals surface area contributed by atoms with E-state index in [9.17, 15) is 4.79 Å². The first kappa shape index (κ1) is 16.2. The summed E-state index contributed by atoms with van der Waals surface area (Å²) in [4.78, 5) is 14.3. The highest BCUT2D eigenvalue weighted by Gasteiger charge is 2.17. The van der Waals surface area contributed by atoms with Crippen LogP contribution in [0.25, 0.3) is 0 Å². The summed E-state index contributed by atoms with van der Waals surface area (Å²) in [6, 6.07) is 15.3. The molecule has 0 aliphatic heterocycles. The molecular weight excluding hydrogens is 350 g/mol. The van der Waals surface area contributed by atoms with Gasteiger partial charge in [0.25, 0.3) is 0 Å². The molecule has 1 atom stereocenters. The first-order valence-corrected chi connectivity index (χ1v) is 7.89. The Hall–Kier alpha value is -1.16. The molecule has 0 radical (unpaired) electrons. The van der Waals surface area contributed by atoms with Crippen LogP contribution < -0.4 is 0 Å². The lowest BCUT2D eigenvalue weighted by molar-refractivity contribution is 0.0924. The molecule has 0 aromatic heterocycles. The van der Waals surface area contributed by atoms with Crippen LogP contribution in [0, 0.1) is 0 Å². The molecule has 0 heterocycles. The largest absolute Gasteiger partial charge is 0.293 e. The number of benzene rings is 2. The Labute approximate surface area is 138 Å². The van der Waals surface area contributed by atoms with Gasteiger partial charge in [-0.15, -0.1) is 0 Å². The van der Waals surface area contributed by atoms with Crippen LogP contribution >= 0.6 is 27.5 Å². The minimum Gasteiger partial charge on any atom is -0.293 e. The highest BCUT2D eigenvalue weighted by atomic mass is 79.9. The van der Waals surface area contributed by atoms with Crippen LogP contribution in [-0.4, -0.2) is 24.3 Å². The predicted molar refractivity (Wildman–Crippen MR) is 91.0 cm³/mol. The van der Waals surface area contributed by atoms with Crippen LogP contribution in [0.15, 0.2) is 53.0 Å². The van der Waals surface area contributed by atoms with Crippen LogP contribution in [0.3, 0.4) is 0 Å². The maximum atomic E-state index is 12.3. The summed E-state index contributed by atoms with van der Waals surface area (Å²) in [5, 5.41) is 0.728. The zero-order valence-corrected chi connectivity index (χ0v) is 14.4. The monoisotopic (exact) mass is 365 g/mol. The summed E-state index contributed by atoms with van der Waals surface area (Å²) in [5.74, 6) is 0.0951. The smallest absolute Gasteiger partial charge is 0.176 e. The minimum atomic E-state index is 0.0785. The second-order valence-electron chi connectivity index (χ2n) is 5.05. The van der Waals surface area contributed by atoms with Crippen LogP contribution in [0.1, 0.15) is 28.9 Å². The molecule has 0 fully saturated rings. The van der Waals surface area contributed by atoms with Crippen molar-refractivity contribution in [3.63, 3.8) is 0 Å². The topological polar surface area (TPSA) is 20.3 Å². The van der Waals surface area contributed by atoms with Crippen molar-refractivity contribution in [3.8, 4) is 0 Å². The third kappa shape index (κ3) is 4.16. The molecule has 0 bridgehead atoms. The third-order valence-electron chi connectivity index (χ3n) is 3.56. The molecule has 0 spiro atoms. The van der Waals surface area contributed by atoms with E-state index in [1.54, 1.807) is 0 Å². The van der Waals surface area contributed by atoms with Gasteiger partial charge in [0.05, 0.1) is 6.54 Å². The molecule has 0 saturated heterocycles. The van der Waals surface area contributed by atoms with E-state index in [2.05, 4.69) is 22.9 Å². The van der Waals surface area contributed by atoms with E-state index in [1.807, 2.05) is 60.5 Å². The average molecular weight is 367 g/mol. The number of halogens is 2. The fourth-order valence-corrected chi connectivity index (χ4v) is 2.86. The number of carbonyl (C=O) groups excluding carboxylic acids is 1. The van der Waals surface area contributed by atoms with Gasteiger partial charge in [0.15, 0.2) is 5.78 Å². The number of nitrogens with zero attached hydrogens (tertiary/aromatic N) is 1. The average Bonchev–Trinajstić information content (AvgIpc) is 2.47. The van der Waals surface area contributed by atoms with E-state index in [4.69, 9.17) is 11.6 Å². The number of carbonyl (C=O) groups is 1. The molecular formula is C17H17BrClNO. The second kappa shape index (κ2) is 7.21. The second-order valence-corrected chi connectivity index (χ2v) is 6.37. The first-order chi connectivity index (χ1) is 9.99. The summed E-state index contributed by atoms with van der Waals surface area (Å²) in [6.07, 6.45) is 0. The van der Waals surface area contributed by atoms with E-state index in [0.29, 0.717) is 12.1 Å². The number of likely N-dealkylation sites (N-methyl/N-ethyl adjacent to an activating group) is 1. The van der Waals surface area contributed by atoms with E-state index >= 15 is 0 Å². The van der Waals surface area contributed by atoms with E-state index in [-0.39, 0.29) is 11.8 Å². The lowest BCUT2D eigenvalue weighted by atomic mass is 10.1. The molecule has 0 aliphatic rings. The summed E-state index contributed by atoms with van der Waals surface area (Å²) < 4.78 is 0.912. The molecule has 21 heavy (non-hydrogen) atoms. The molecule has 2 nitrogen and oxygen atoms in total. The maximum absolute atomic E-state index is 12.3. The van der Waals surface area contributed by atoms with E-state index < -0.39 is 0 Å². The standard InChI is InChI=1S/C17H17BrClNO/c1-12(15-8-3-4-9-16(15)19)20(2)11-17(21)13-6-5-7-14(18)10-13/h3-10,12H,11H2,1-2H3. The lowest BCUT2D eigenvalue weighted by Crippen LogP contribution is -2.29. The van der Waals surface area contributed by atoms with Crippen molar-refractivity contribution in [3.05, 3.63) is 69.2 Å². The quantitative estimate of drug-likeness (QED) is 0.696. The van der Waals surface area contributed by atoms with Crippen molar-refractivity contribution in [1.29, 1.82) is 0 Å². The fraction of sp³-hybridized carbons (Fsp3) is 0.235. The van der Waals surface area contributed by atoms with Crippen molar-refractivity contribution in [2.24, 2.45) is 0 Å². The summed E-state index contributed by atoms with van der Waals surface area (Å²) in [5.41, 5.74) is 1.74. The Balaban J connectivity index is 2.09. The van der Waals surface area contributed by atoms with E-state index in [1.165, 1.54) is 0 Å². The van der Waals surface area contributed by atoms with Gasteiger partial charge in [-0.05, 0) is 37.7 Å². The van der Waals surface area contributed by atoms with Gasteiger partial charge in [0, 0.05) is 21.1 Å². The number of hydrogen-bond acceptors (Lipinski definition) is 2. The molecule has 0 amide bonds. The number of rotatable bonds is 5. The molecule has 0 N–H and O–H groups in total. The third-order valence-corrected chi connectivity index (χ3v) is 4.39. The summed E-state index contributed by atoms with van der Waals surface area (Å²) >= 11 is 9.61. The molecule has 0 aliphatic carbocycles. The molecule has 2 aromatic rings. The SMILES string of the molecule is CC(c1ccccc1Cl)N(C)CC(=O)c1cccc(Br)c1. The first-order valence-electron chi connectivity index (χ1n) is 6.72. The highest BCUT2D eigenvalue weighted by Crippen LogP contribution is 2.26. The van der Waals surface area contributed by atoms with Crippen molar-refractivity contribution in [2.75, 3.05) is 13.6 Å². The highest BCUT2D eigenvalue weighted by molar-refractivity contribution is 9.10. The number of Topliss-reactive ketones (excluding diaryl/α,β-unsaturated/α-hetero) is 1. The Morgan fingerprint density at radius 1 is 1.24 bits per heavy atom.